The first-order chi connectivity index (χ1) is 3.79. The summed E-state index contributed by atoms with van der Waals surface area (Å²) in [7, 11) is 0. The Kier molecular flexibility index (Phi) is 5.20. The summed E-state index contributed by atoms with van der Waals surface area (Å²) in [4.78, 5) is 3.74. The van der Waals surface area contributed by atoms with Gasteiger partial charge in [0.05, 0.1) is 0 Å². The number of nitrogens with two attached hydrogens (primary N) is 2. The summed E-state index contributed by atoms with van der Waals surface area (Å²) in [5.74, 6) is 0.463. The van der Waals surface area contributed by atoms with E-state index in [9.17, 15) is 0 Å². The topological polar surface area (TPSA) is 131 Å². The van der Waals surface area contributed by atoms with E-state index in [2.05, 4.69) is 4.98 Å². The van der Waals surface area contributed by atoms with Gasteiger partial charge in [-0.05, 0) is 6.07 Å². The molecule has 5 heteroatoms. The van der Waals surface area contributed by atoms with Crippen LogP contribution in [0.3, 0.4) is 0 Å². The van der Waals surface area contributed by atoms with Gasteiger partial charge in [-0.2, -0.15) is 0 Å². The van der Waals surface area contributed by atoms with E-state index < -0.39 is 0 Å². The molecule has 0 aliphatic rings. The highest BCUT2D eigenvalue weighted by Crippen LogP contribution is 2.01. The van der Waals surface area contributed by atoms with Gasteiger partial charge in [0, 0.05) is 18.0 Å². The van der Waals surface area contributed by atoms with Crippen LogP contribution in [0.4, 0.5) is 11.5 Å². The predicted molar refractivity (Wildman–Crippen MR) is 41.7 cm³/mol. The van der Waals surface area contributed by atoms with Crippen molar-refractivity contribution in [3.05, 3.63) is 18.3 Å². The molecule has 1 aromatic rings. The van der Waals surface area contributed by atoms with E-state index in [1.54, 1.807) is 18.3 Å². The lowest BCUT2D eigenvalue weighted by atomic mass is 10.4. The summed E-state index contributed by atoms with van der Waals surface area (Å²) >= 11 is 0. The van der Waals surface area contributed by atoms with Crippen LogP contribution in [0.15, 0.2) is 18.3 Å². The van der Waals surface area contributed by atoms with Crippen LogP contribution in [0.25, 0.3) is 0 Å². The van der Waals surface area contributed by atoms with E-state index >= 15 is 0 Å². The zero-order chi connectivity index (χ0) is 5.98. The number of anilines is 2. The molecule has 0 aliphatic heterocycles. The second-order valence-electron chi connectivity index (χ2n) is 1.51. The molecular formula is C5H12N4O. The van der Waals surface area contributed by atoms with Gasteiger partial charge in [-0.15, -0.1) is 0 Å². The number of nitrogen functional groups attached to an aromatic ring is 2. The fourth-order valence-corrected chi connectivity index (χ4v) is 0.466. The number of aromatic nitrogens is 1. The Morgan fingerprint density at radius 3 is 2.20 bits per heavy atom. The van der Waals surface area contributed by atoms with Gasteiger partial charge in [-0.25, -0.2) is 4.98 Å². The average Bonchev–Trinajstić information content (AvgIpc) is 1.64. The number of hydrogen-bond acceptors (Lipinski definition) is 4. The van der Waals surface area contributed by atoms with Crippen LogP contribution in [0, 0.1) is 0 Å². The first-order valence-corrected chi connectivity index (χ1v) is 2.26. The summed E-state index contributed by atoms with van der Waals surface area (Å²) in [5.41, 5.74) is 11.3. The Hall–Kier alpha value is -1.33. The van der Waals surface area contributed by atoms with E-state index in [0.29, 0.717) is 11.5 Å². The van der Waals surface area contributed by atoms with Gasteiger partial charge in [0.2, 0.25) is 0 Å². The number of nitrogens with zero attached hydrogens (tertiary/aromatic N) is 1. The molecule has 0 fully saturated rings. The molecule has 5 nitrogen and oxygen atoms in total. The molecule has 1 aromatic heterocycles. The molecule has 9 N–H and O–H groups in total. The summed E-state index contributed by atoms with van der Waals surface area (Å²) in [5, 5.41) is 0. The maximum Gasteiger partial charge on any atom is 0.125 e. The lowest BCUT2D eigenvalue weighted by molar-refractivity contribution is 0.824. The molecule has 0 amide bonds. The van der Waals surface area contributed by atoms with Gasteiger partial charge in [0.25, 0.3) is 0 Å². The number of pyridine rings is 1. The molecule has 1 rings (SSSR count). The van der Waals surface area contributed by atoms with Crippen LogP contribution < -0.4 is 17.6 Å². The van der Waals surface area contributed by atoms with Crippen LogP contribution in [0.1, 0.15) is 0 Å². The van der Waals surface area contributed by atoms with Crippen molar-refractivity contribution in [2.45, 2.75) is 0 Å². The van der Waals surface area contributed by atoms with Crippen molar-refractivity contribution in [2.75, 3.05) is 11.5 Å². The Morgan fingerprint density at radius 1 is 1.30 bits per heavy atom. The molecule has 0 atom stereocenters. The van der Waals surface area contributed by atoms with E-state index in [1.807, 2.05) is 0 Å². The van der Waals surface area contributed by atoms with Crippen LogP contribution in [0.2, 0.25) is 0 Å². The molecule has 0 saturated heterocycles. The van der Waals surface area contributed by atoms with Crippen LogP contribution >= 0.6 is 0 Å². The van der Waals surface area contributed by atoms with E-state index in [4.69, 9.17) is 11.5 Å². The minimum Gasteiger partial charge on any atom is -0.412 e. The molecule has 10 heavy (non-hydrogen) atoms. The highest BCUT2D eigenvalue weighted by Gasteiger charge is 1.83. The fourth-order valence-electron chi connectivity index (χ4n) is 0.466. The van der Waals surface area contributed by atoms with Crippen molar-refractivity contribution in [2.24, 2.45) is 0 Å². The average molecular weight is 144 g/mol. The maximum absolute atomic E-state index is 5.34. The molecule has 0 bridgehead atoms. The summed E-state index contributed by atoms with van der Waals surface area (Å²) < 4.78 is 0. The monoisotopic (exact) mass is 144 g/mol. The van der Waals surface area contributed by atoms with Gasteiger partial charge < -0.3 is 23.1 Å². The molecule has 1 heterocycles. The van der Waals surface area contributed by atoms with Crippen molar-refractivity contribution in [1.82, 2.24) is 11.1 Å². The standard InChI is InChI=1S/C5H7N3.H3N.H2O/c6-4-1-2-8-5(7)3-4;;/h1-3H,(H4,6,7,8);1H3;1H2. The zero-order valence-electron chi connectivity index (χ0n) is 5.54. The molecule has 58 valence electrons. The fraction of sp³-hybridized carbons (Fsp3) is 0. The SMILES string of the molecule is N.Nc1ccnc(N)c1.O. The Balaban J connectivity index is 0. The number of hydrogen-bond donors (Lipinski definition) is 3. The first kappa shape index (κ1) is 11.5. The predicted octanol–water partition coefficient (Wildman–Crippen LogP) is -0.417. The second kappa shape index (κ2) is 4.54. The lowest BCUT2D eigenvalue weighted by Gasteiger charge is -1.90. The lowest BCUT2D eigenvalue weighted by Crippen LogP contribution is -1.91. The summed E-state index contributed by atoms with van der Waals surface area (Å²) in [6, 6.07) is 3.30. The van der Waals surface area contributed by atoms with Gasteiger partial charge in [-0.1, -0.05) is 0 Å². The molecule has 0 spiro atoms. The van der Waals surface area contributed by atoms with Crippen molar-refractivity contribution < 1.29 is 5.48 Å². The smallest absolute Gasteiger partial charge is 0.125 e. The van der Waals surface area contributed by atoms with Gasteiger partial charge in [0.15, 0.2) is 0 Å². The van der Waals surface area contributed by atoms with Crippen LogP contribution in [-0.4, -0.2) is 10.5 Å². The third-order valence-corrected chi connectivity index (χ3v) is 0.805. The maximum atomic E-state index is 5.34. The highest BCUT2D eigenvalue weighted by molar-refractivity contribution is 5.45. The van der Waals surface area contributed by atoms with Crippen molar-refractivity contribution in [3.63, 3.8) is 0 Å². The molecule has 0 radical (unpaired) electrons. The zero-order valence-corrected chi connectivity index (χ0v) is 5.54. The summed E-state index contributed by atoms with van der Waals surface area (Å²) in [6.45, 7) is 0. The minimum absolute atomic E-state index is 0. The largest absolute Gasteiger partial charge is 0.412 e. The molecule has 0 saturated carbocycles. The molecule has 0 aromatic carbocycles. The van der Waals surface area contributed by atoms with Crippen LogP contribution in [0.5, 0.6) is 0 Å². The quantitative estimate of drug-likeness (QED) is 0.456. The number of rotatable bonds is 0. The van der Waals surface area contributed by atoms with E-state index in [-0.39, 0.29) is 11.6 Å². The minimum atomic E-state index is 0. The first-order valence-electron chi connectivity index (χ1n) is 2.26. The second-order valence-corrected chi connectivity index (χ2v) is 1.51. The van der Waals surface area contributed by atoms with Crippen molar-refractivity contribution >= 4 is 11.5 Å². The molecular weight excluding hydrogens is 132 g/mol. The van der Waals surface area contributed by atoms with Gasteiger partial charge in [-0.3, -0.25) is 0 Å². The summed E-state index contributed by atoms with van der Waals surface area (Å²) in [6.07, 6.45) is 1.57. The van der Waals surface area contributed by atoms with Gasteiger partial charge >= 0.3 is 0 Å². The van der Waals surface area contributed by atoms with Crippen LogP contribution in [-0.2, 0) is 0 Å². The Morgan fingerprint density at radius 2 is 1.90 bits per heavy atom. The highest BCUT2D eigenvalue weighted by atomic mass is 16.0. The van der Waals surface area contributed by atoms with Gasteiger partial charge in [0.1, 0.15) is 5.82 Å². The normalized spacial score (nSPS) is 7.20. The Labute approximate surface area is 58.9 Å². The van der Waals surface area contributed by atoms with E-state index in [0.717, 1.165) is 0 Å². The van der Waals surface area contributed by atoms with Crippen molar-refractivity contribution in [3.8, 4) is 0 Å². The van der Waals surface area contributed by atoms with Crippen molar-refractivity contribution in [1.29, 1.82) is 0 Å². The third-order valence-electron chi connectivity index (χ3n) is 0.805. The van der Waals surface area contributed by atoms with E-state index in [1.165, 1.54) is 0 Å². The third kappa shape index (κ3) is 2.85. The molecule has 0 aliphatic carbocycles. The Bertz CT molecular complexity index is 174. The molecule has 0 unspecified atom stereocenters.